The average Bonchev–Trinajstić information content (AvgIpc) is 2.13. The van der Waals surface area contributed by atoms with Gasteiger partial charge in [0.1, 0.15) is 5.54 Å². The van der Waals surface area contributed by atoms with Crippen LogP contribution in [0.2, 0.25) is 0 Å². The van der Waals surface area contributed by atoms with E-state index < -0.39 is 18.3 Å². The molecule has 0 aromatic carbocycles. The molecule has 1 atom stereocenters. The molecule has 0 aromatic rings. The van der Waals surface area contributed by atoms with Crippen molar-refractivity contribution in [3.63, 3.8) is 0 Å². The van der Waals surface area contributed by atoms with E-state index in [1.165, 1.54) is 0 Å². The molecule has 1 heterocycles. The van der Waals surface area contributed by atoms with E-state index in [2.05, 4.69) is 4.74 Å². The van der Waals surface area contributed by atoms with Gasteiger partial charge in [0.2, 0.25) is 0 Å². The Hall–Kier alpha value is -0.290. The molecule has 0 spiro atoms. The molecule has 1 aliphatic rings. The van der Waals surface area contributed by atoms with E-state index in [-0.39, 0.29) is 13.0 Å². The van der Waals surface area contributed by atoms with Crippen LogP contribution in [-0.4, -0.2) is 24.9 Å². The molecule has 1 rings (SSSR count). The molecule has 2 N–H and O–H groups in total. The molecule has 1 fully saturated rings. The maximum absolute atomic E-state index is 11.9. The van der Waals surface area contributed by atoms with E-state index in [0.717, 1.165) is 0 Å². The Labute approximate surface area is 56.1 Å². The van der Waals surface area contributed by atoms with Crippen LogP contribution < -0.4 is 5.73 Å². The van der Waals surface area contributed by atoms with Crippen molar-refractivity contribution in [3.8, 4) is 0 Å². The van der Waals surface area contributed by atoms with E-state index in [0.29, 0.717) is 0 Å². The van der Waals surface area contributed by atoms with Gasteiger partial charge in [0.25, 0.3) is 0 Å². The van der Waals surface area contributed by atoms with E-state index >= 15 is 0 Å². The predicted octanol–water partition coefficient (Wildman–Crippen LogP) is 0.667. The minimum atomic E-state index is -4.33. The highest BCUT2D eigenvalue weighted by Crippen LogP contribution is 2.34. The van der Waals surface area contributed by atoms with Gasteiger partial charge in [0.05, 0.1) is 6.61 Å². The lowest BCUT2D eigenvalue weighted by molar-refractivity contribution is -0.184. The van der Waals surface area contributed by atoms with E-state index in [1.807, 2.05) is 0 Å². The van der Waals surface area contributed by atoms with Crippen LogP contribution in [0.5, 0.6) is 0 Å². The van der Waals surface area contributed by atoms with Crippen LogP contribution in [0.1, 0.15) is 6.42 Å². The molecule has 10 heavy (non-hydrogen) atoms. The summed E-state index contributed by atoms with van der Waals surface area (Å²) in [6.45, 7) is -0.299. The molecule has 0 saturated carbocycles. The van der Waals surface area contributed by atoms with Gasteiger partial charge in [-0.15, -0.1) is 0 Å². The topological polar surface area (TPSA) is 35.2 Å². The summed E-state index contributed by atoms with van der Waals surface area (Å²) in [5.74, 6) is 0. The first kappa shape index (κ1) is 7.81. The number of hydrogen-bond acceptors (Lipinski definition) is 2. The lowest BCUT2D eigenvalue weighted by atomic mass is 10.0. The molecule has 0 radical (unpaired) electrons. The smallest absolute Gasteiger partial charge is 0.379 e. The van der Waals surface area contributed by atoms with Crippen LogP contribution in [-0.2, 0) is 4.74 Å². The maximum Gasteiger partial charge on any atom is 0.408 e. The third-order valence-electron chi connectivity index (χ3n) is 1.62. The minimum Gasteiger partial charge on any atom is -0.379 e. The lowest BCUT2D eigenvalue weighted by Crippen LogP contribution is -2.53. The van der Waals surface area contributed by atoms with Gasteiger partial charge in [-0.2, -0.15) is 13.2 Å². The Bertz CT molecular complexity index is 127. The molecule has 0 aliphatic carbocycles. The van der Waals surface area contributed by atoms with E-state index in [4.69, 9.17) is 5.73 Å². The molecule has 5 heteroatoms. The number of rotatable bonds is 0. The number of nitrogens with two attached hydrogens (primary N) is 1. The monoisotopic (exact) mass is 155 g/mol. The van der Waals surface area contributed by atoms with Crippen molar-refractivity contribution in [1.82, 2.24) is 0 Å². The molecule has 0 amide bonds. The summed E-state index contributed by atoms with van der Waals surface area (Å²) in [6.07, 6.45) is -4.46. The van der Waals surface area contributed by atoms with Gasteiger partial charge >= 0.3 is 6.18 Å². The highest BCUT2D eigenvalue weighted by molar-refractivity contribution is 4.94. The molecule has 0 unspecified atom stereocenters. The quantitative estimate of drug-likeness (QED) is 0.558. The second-order valence-electron chi connectivity index (χ2n) is 2.46. The van der Waals surface area contributed by atoms with E-state index in [9.17, 15) is 13.2 Å². The van der Waals surface area contributed by atoms with Gasteiger partial charge in [-0.05, 0) is 6.42 Å². The second-order valence-corrected chi connectivity index (χ2v) is 2.46. The van der Waals surface area contributed by atoms with Crippen LogP contribution in [0, 0.1) is 0 Å². The molecular weight excluding hydrogens is 147 g/mol. The van der Waals surface area contributed by atoms with Gasteiger partial charge in [-0.25, -0.2) is 0 Å². The molecule has 2 nitrogen and oxygen atoms in total. The normalized spacial score (nSPS) is 34.8. The van der Waals surface area contributed by atoms with Crippen molar-refractivity contribution in [3.05, 3.63) is 0 Å². The zero-order valence-electron chi connectivity index (χ0n) is 5.24. The van der Waals surface area contributed by atoms with Crippen molar-refractivity contribution in [2.45, 2.75) is 18.1 Å². The Morgan fingerprint density at radius 2 is 2.00 bits per heavy atom. The Kier molecular flexibility index (Phi) is 1.64. The van der Waals surface area contributed by atoms with Gasteiger partial charge in [0, 0.05) is 6.61 Å². The Balaban J connectivity index is 2.67. The molecular formula is C5H8F3NO. The first-order valence-corrected chi connectivity index (χ1v) is 2.89. The van der Waals surface area contributed by atoms with Crippen LogP contribution in [0.15, 0.2) is 0 Å². The van der Waals surface area contributed by atoms with Gasteiger partial charge in [-0.3, -0.25) is 0 Å². The van der Waals surface area contributed by atoms with Crippen LogP contribution in [0.4, 0.5) is 13.2 Å². The second kappa shape index (κ2) is 2.10. The van der Waals surface area contributed by atoms with E-state index in [1.54, 1.807) is 0 Å². The summed E-state index contributed by atoms with van der Waals surface area (Å²) in [4.78, 5) is 0. The molecule has 0 bridgehead atoms. The molecule has 1 aliphatic heterocycles. The average molecular weight is 155 g/mol. The number of ether oxygens (including phenoxy) is 1. The largest absolute Gasteiger partial charge is 0.408 e. The summed E-state index contributed by atoms with van der Waals surface area (Å²) in [6, 6.07) is 0. The fourth-order valence-corrected chi connectivity index (χ4v) is 0.804. The molecule has 0 aromatic heterocycles. The first-order valence-electron chi connectivity index (χ1n) is 2.89. The highest BCUT2D eigenvalue weighted by atomic mass is 19.4. The first-order chi connectivity index (χ1) is 4.46. The third kappa shape index (κ3) is 1.11. The van der Waals surface area contributed by atoms with Gasteiger partial charge in [-0.1, -0.05) is 0 Å². The Morgan fingerprint density at radius 3 is 2.20 bits per heavy atom. The molecule has 1 saturated heterocycles. The summed E-state index contributed by atoms with van der Waals surface area (Å²) < 4.78 is 40.4. The highest BCUT2D eigenvalue weighted by Gasteiger charge is 2.54. The minimum absolute atomic E-state index is 0.107. The third-order valence-corrected chi connectivity index (χ3v) is 1.62. The van der Waals surface area contributed by atoms with Crippen molar-refractivity contribution >= 4 is 0 Å². The van der Waals surface area contributed by atoms with Crippen molar-refractivity contribution in [2.24, 2.45) is 5.73 Å². The predicted molar refractivity (Wildman–Crippen MR) is 28.4 cm³/mol. The maximum atomic E-state index is 11.9. The number of hydrogen-bond donors (Lipinski definition) is 1. The van der Waals surface area contributed by atoms with Gasteiger partial charge in [0.15, 0.2) is 0 Å². The number of halogens is 3. The fraction of sp³-hybridized carbons (Fsp3) is 1.00. The summed E-state index contributed by atoms with van der Waals surface area (Å²) in [7, 11) is 0. The SMILES string of the molecule is N[C@@]1(C(F)(F)F)CCOC1. The fourth-order valence-electron chi connectivity index (χ4n) is 0.804. The zero-order chi connectivity index (χ0) is 7.83. The van der Waals surface area contributed by atoms with Crippen molar-refractivity contribution < 1.29 is 17.9 Å². The summed E-state index contributed by atoms with van der Waals surface area (Å²) in [5, 5.41) is 0. The van der Waals surface area contributed by atoms with Crippen LogP contribution in [0.3, 0.4) is 0 Å². The number of alkyl halides is 3. The van der Waals surface area contributed by atoms with Crippen LogP contribution >= 0.6 is 0 Å². The Morgan fingerprint density at radius 1 is 1.40 bits per heavy atom. The van der Waals surface area contributed by atoms with Gasteiger partial charge < -0.3 is 10.5 Å². The zero-order valence-corrected chi connectivity index (χ0v) is 5.24. The van der Waals surface area contributed by atoms with Crippen LogP contribution in [0.25, 0.3) is 0 Å². The standard InChI is InChI=1S/C5H8F3NO/c6-5(7,8)4(9)1-2-10-3-4/h1-3,9H2/t4-/m0/s1. The van der Waals surface area contributed by atoms with Crippen molar-refractivity contribution in [2.75, 3.05) is 13.2 Å². The summed E-state index contributed by atoms with van der Waals surface area (Å²) >= 11 is 0. The summed E-state index contributed by atoms with van der Waals surface area (Å²) in [5.41, 5.74) is 2.90. The molecule has 60 valence electrons. The van der Waals surface area contributed by atoms with Crippen molar-refractivity contribution in [1.29, 1.82) is 0 Å². The lowest BCUT2D eigenvalue weighted by Gasteiger charge is -2.24.